The normalized spacial score (nSPS) is 35.3. The molecule has 1 saturated carbocycles. The van der Waals surface area contributed by atoms with Gasteiger partial charge in [0.2, 0.25) is 5.91 Å². The Morgan fingerprint density at radius 3 is 2.39 bits per heavy atom. The van der Waals surface area contributed by atoms with E-state index in [1.54, 1.807) is 0 Å². The molecular formula is C11H14F2N2O3. The van der Waals surface area contributed by atoms with Crippen LogP contribution < -0.4 is 5.32 Å². The SMILES string of the molecule is O=C(O)C1CNCC12CN(C(=O)[C@H]1CC1(F)F)C2. The minimum atomic E-state index is -2.85. The Hall–Kier alpha value is -1.24. The molecule has 1 spiro atoms. The van der Waals surface area contributed by atoms with Gasteiger partial charge in [0.05, 0.1) is 5.92 Å². The van der Waals surface area contributed by atoms with Crippen molar-refractivity contribution in [2.45, 2.75) is 12.3 Å². The molecule has 0 radical (unpaired) electrons. The number of alkyl halides is 2. The molecule has 0 bridgehead atoms. The molecule has 3 fully saturated rings. The summed E-state index contributed by atoms with van der Waals surface area (Å²) in [5, 5.41) is 12.1. The van der Waals surface area contributed by atoms with Crippen LogP contribution in [0.2, 0.25) is 0 Å². The predicted molar refractivity (Wildman–Crippen MR) is 56.1 cm³/mol. The summed E-state index contributed by atoms with van der Waals surface area (Å²) in [6.07, 6.45) is -0.365. The zero-order chi connectivity index (χ0) is 13.1. The Labute approximate surface area is 102 Å². The fraction of sp³-hybridized carbons (Fsp3) is 0.818. The summed E-state index contributed by atoms with van der Waals surface area (Å²) in [7, 11) is 0. The highest BCUT2D eigenvalue weighted by molar-refractivity contribution is 5.84. The number of nitrogens with one attached hydrogen (secondary N) is 1. The van der Waals surface area contributed by atoms with Crippen molar-refractivity contribution in [2.75, 3.05) is 26.2 Å². The molecule has 3 rings (SSSR count). The lowest BCUT2D eigenvalue weighted by atomic mass is 9.71. The molecule has 3 aliphatic rings. The Morgan fingerprint density at radius 1 is 1.28 bits per heavy atom. The summed E-state index contributed by atoms with van der Waals surface area (Å²) in [6, 6.07) is 0. The van der Waals surface area contributed by atoms with Gasteiger partial charge in [0.25, 0.3) is 5.92 Å². The van der Waals surface area contributed by atoms with Crippen LogP contribution in [0, 0.1) is 17.3 Å². The van der Waals surface area contributed by atoms with Gasteiger partial charge in [0, 0.05) is 38.0 Å². The fourth-order valence-corrected chi connectivity index (χ4v) is 3.06. The van der Waals surface area contributed by atoms with Gasteiger partial charge in [-0.25, -0.2) is 8.78 Å². The molecule has 2 N–H and O–H groups in total. The third kappa shape index (κ3) is 1.53. The highest BCUT2D eigenvalue weighted by Crippen LogP contribution is 2.51. The lowest BCUT2D eigenvalue weighted by Crippen LogP contribution is -2.63. The number of amides is 1. The molecule has 2 atom stereocenters. The number of halogens is 2. The van der Waals surface area contributed by atoms with Crippen molar-refractivity contribution in [3.05, 3.63) is 0 Å². The van der Waals surface area contributed by atoms with E-state index in [0.717, 1.165) is 0 Å². The summed E-state index contributed by atoms with van der Waals surface area (Å²) < 4.78 is 25.6. The van der Waals surface area contributed by atoms with Crippen LogP contribution in [-0.2, 0) is 9.59 Å². The Balaban J connectivity index is 1.63. The van der Waals surface area contributed by atoms with E-state index >= 15 is 0 Å². The molecule has 1 unspecified atom stereocenters. The van der Waals surface area contributed by atoms with Crippen molar-refractivity contribution >= 4 is 11.9 Å². The molecule has 18 heavy (non-hydrogen) atoms. The van der Waals surface area contributed by atoms with Gasteiger partial charge in [0.1, 0.15) is 5.92 Å². The van der Waals surface area contributed by atoms with E-state index in [9.17, 15) is 18.4 Å². The van der Waals surface area contributed by atoms with E-state index in [1.165, 1.54) is 4.90 Å². The summed E-state index contributed by atoms with van der Waals surface area (Å²) >= 11 is 0. The van der Waals surface area contributed by atoms with E-state index in [1.807, 2.05) is 0 Å². The maximum absolute atomic E-state index is 12.8. The number of likely N-dealkylation sites (tertiary alicyclic amines) is 1. The first-order chi connectivity index (χ1) is 8.36. The maximum atomic E-state index is 12.8. The van der Waals surface area contributed by atoms with Crippen LogP contribution in [0.1, 0.15) is 6.42 Å². The topological polar surface area (TPSA) is 69.6 Å². The minimum Gasteiger partial charge on any atom is -0.481 e. The second-order valence-corrected chi connectivity index (χ2v) is 5.60. The third-order valence-electron chi connectivity index (χ3n) is 4.31. The monoisotopic (exact) mass is 260 g/mol. The van der Waals surface area contributed by atoms with Crippen molar-refractivity contribution in [3.63, 3.8) is 0 Å². The molecule has 2 heterocycles. The van der Waals surface area contributed by atoms with Crippen LogP contribution in [-0.4, -0.2) is 54.0 Å². The predicted octanol–water partition coefficient (Wildman–Crippen LogP) is -0.226. The molecule has 1 aliphatic carbocycles. The van der Waals surface area contributed by atoms with Gasteiger partial charge in [-0.3, -0.25) is 9.59 Å². The van der Waals surface area contributed by atoms with E-state index in [2.05, 4.69) is 5.32 Å². The van der Waals surface area contributed by atoms with E-state index in [0.29, 0.717) is 13.1 Å². The third-order valence-corrected chi connectivity index (χ3v) is 4.31. The molecule has 5 nitrogen and oxygen atoms in total. The van der Waals surface area contributed by atoms with Crippen molar-refractivity contribution in [1.82, 2.24) is 10.2 Å². The lowest BCUT2D eigenvalue weighted by Gasteiger charge is -2.49. The number of carboxylic acids is 1. The number of carbonyl (C=O) groups excluding carboxylic acids is 1. The van der Waals surface area contributed by atoms with Gasteiger partial charge in [-0.15, -0.1) is 0 Å². The molecular weight excluding hydrogens is 246 g/mol. The number of hydrogen-bond donors (Lipinski definition) is 2. The van der Waals surface area contributed by atoms with Crippen molar-refractivity contribution in [1.29, 1.82) is 0 Å². The number of hydrogen-bond acceptors (Lipinski definition) is 3. The second kappa shape index (κ2) is 3.40. The summed E-state index contributed by atoms with van der Waals surface area (Å²) in [4.78, 5) is 24.1. The van der Waals surface area contributed by atoms with Gasteiger partial charge >= 0.3 is 5.97 Å². The average Bonchev–Trinajstić information content (AvgIpc) is 2.72. The van der Waals surface area contributed by atoms with Gasteiger partial charge in [-0.1, -0.05) is 0 Å². The first-order valence-electron chi connectivity index (χ1n) is 5.96. The standard InChI is InChI=1S/C11H14F2N2O3/c12-11(13)1-6(11)8(16)15-4-10(5-15)3-14-2-7(10)9(17)18/h6-7,14H,1-5H2,(H,17,18)/t6-,7?/m1/s1. The molecule has 7 heteroatoms. The maximum Gasteiger partial charge on any atom is 0.308 e. The number of nitrogens with zero attached hydrogens (tertiary/aromatic N) is 1. The van der Waals surface area contributed by atoms with Crippen molar-refractivity contribution < 1.29 is 23.5 Å². The van der Waals surface area contributed by atoms with Crippen LogP contribution in [0.25, 0.3) is 0 Å². The number of carbonyl (C=O) groups is 2. The Bertz CT molecular complexity index is 421. The summed E-state index contributed by atoms with van der Waals surface area (Å²) in [5.74, 6) is -5.96. The zero-order valence-corrected chi connectivity index (χ0v) is 9.66. The molecule has 2 saturated heterocycles. The molecule has 2 aliphatic heterocycles. The highest BCUT2D eigenvalue weighted by Gasteiger charge is 2.65. The highest BCUT2D eigenvalue weighted by atomic mass is 19.3. The van der Waals surface area contributed by atoms with Crippen LogP contribution in [0.15, 0.2) is 0 Å². The quantitative estimate of drug-likeness (QED) is 0.720. The molecule has 0 aromatic rings. The Morgan fingerprint density at radius 2 is 1.89 bits per heavy atom. The van der Waals surface area contributed by atoms with Crippen LogP contribution in [0.4, 0.5) is 8.78 Å². The van der Waals surface area contributed by atoms with Crippen molar-refractivity contribution in [2.24, 2.45) is 17.3 Å². The van der Waals surface area contributed by atoms with Gasteiger partial charge < -0.3 is 15.3 Å². The van der Waals surface area contributed by atoms with E-state index < -0.39 is 35.0 Å². The van der Waals surface area contributed by atoms with Crippen LogP contribution in [0.5, 0.6) is 0 Å². The van der Waals surface area contributed by atoms with E-state index in [4.69, 9.17) is 5.11 Å². The lowest BCUT2D eigenvalue weighted by molar-refractivity contribution is -0.159. The number of aliphatic carboxylic acids is 1. The van der Waals surface area contributed by atoms with Crippen LogP contribution in [0.3, 0.4) is 0 Å². The molecule has 100 valence electrons. The Kier molecular flexibility index (Phi) is 2.24. The summed E-state index contributed by atoms with van der Waals surface area (Å²) in [5.41, 5.74) is -0.453. The van der Waals surface area contributed by atoms with Gasteiger partial charge in [-0.2, -0.15) is 0 Å². The average molecular weight is 260 g/mol. The largest absolute Gasteiger partial charge is 0.481 e. The second-order valence-electron chi connectivity index (χ2n) is 5.60. The zero-order valence-electron chi connectivity index (χ0n) is 9.66. The van der Waals surface area contributed by atoms with Crippen molar-refractivity contribution in [3.8, 4) is 0 Å². The number of rotatable bonds is 2. The first kappa shape index (κ1) is 11.8. The van der Waals surface area contributed by atoms with Gasteiger partial charge in [-0.05, 0) is 0 Å². The molecule has 0 aromatic carbocycles. The first-order valence-corrected chi connectivity index (χ1v) is 5.96. The van der Waals surface area contributed by atoms with Crippen LogP contribution >= 0.6 is 0 Å². The van der Waals surface area contributed by atoms with Gasteiger partial charge in [0.15, 0.2) is 0 Å². The van der Waals surface area contributed by atoms with E-state index in [-0.39, 0.29) is 19.5 Å². The molecule has 1 amide bonds. The fourth-order valence-electron chi connectivity index (χ4n) is 3.06. The minimum absolute atomic E-state index is 0.280. The number of carboxylic acid groups (broad SMARTS) is 1. The molecule has 0 aromatic heterocycles. The smallest absolute Gasteiger partial charge is 0.308 e. The summed E-state index contributed by atoms with van der Waals surface area (Å²) in [6.45, 7) is 1.48.